The molecule has 2 amide bonds. The zero-order valence-electron chi connectivity index (χ0n) is 15.6. The topological polar surface area (TPSA) is 70.4 Å². The first kappa shape index (κ1) is 15.8. The Morgan fingerprint density at radius 1 is 1.11 bits per heavy atom. The Balaban J connectivity index is 1.85. The fraction of sp³-hybridized carbons (Fsp3) is 0.0952. The van der Waals surface area contributed by atoms with Gasteiger partial charge in [0.15, 0.2) is 0 Å². The molecule has 132 valence electrons. The molecule has 1 aromatic heterocycles. The van der Waals surface area contributed by atoms with Gasteiger partial charge in [-0.3, -0.25) is 9.59 Å². The molecule has 5 nitrogen and oxygen atoms in total. The smallest absolute Gasteiger partial charge is 0.266 e. The summed E-state index contributed by atoms with van der Waals surface area (Å²) in [5.74, 6) is -0.283. The number of benzene rings is 2. The van der Waals surface area contributed by atoms with E-state index in [1.807, 2.05) is 19.1 Å². The van der Waals surface area contributed by atoms with Crippen LogP contribution >= 0.6 is 11.3 Å². The van der Waals surface area contributed by atoms with E-state index in [9.17, 15) is 14.9 Å². The second-order valence-corrected chi connectivity index (χ2v) is 7.17. The van der Waals surface area contributed by atoms with Gasteiger partial charge in [0.2, 0.25) is 0 Å². The molecule has 0 unspecified atom stereocenters. The fourth-order valence-corrected chi connectivity index (χ4v) is 4.33. The molecule has 0 fully saturated rings. The predicted octanol–water partition coefficient (Wildman–Crippen LogP) is 4.40. The van der Waals surface area contributed by atoms with E-state index in [0.29, 0.717) is 16.3 Å². The zero-order chi connectivity index (χ0) is 20.0. The van der Waals surface area contributed by atoms with Gasteiger partial charge in [-0.15, -0.1) is 11.3 Å². The largest absolute Gasteiger partial charge is 0.497 e. The average Bonchev–Trinajstić information content (AvgIpc) is 3.15. The summed E-state index contributed by atoms with van der Waals surface area (Å²) in [5, 5.41) is 10.1. The molecule has 0 bridgehead atoms. The molecule has 0 saturated heterocycles. The number of ether oxygens (including phenoxy) is 1. The van der Waals surface area contributed by atoms with Crippen molar-refractivity contribution >= 4 is 28.2 Å². The van der Waals surface area contributed by atoms with Crippen LogP contribution in [0.5, 0.6) is 5.75 Å². The van der Waals surface area contributed by atoms with Gasteiger partial charge in [0, 0.05) is 10.4 Å². The van der Waals surface area contributed by atoms with E-state index in [2.05, 4.69) is 6.07 Å². The van der Waals surface area contributed by atoms with Gasteiger partial charge in [-0.25, -0.2) is 4.90 Å². The maximum atomic E-state index is 12.9. The first-order chi connectivity index (χ1) is 13.5. The molecule has 1 aliphatic heterocycles. The van der Waals surface area contributed by atoms with Crippen LogP contribution in [-0.2, 0) is 0 Å². The van der Waals surface area contributed by atoms with Gasteiger partial charge >= 0.3 is 0 Å². The second-order valence-electron chi connectivity index (χ2n) is 5.97. The number of fused-ring (bicyclic) bond motifs is 1. The summed E-state index contributed by atoms with van der Waals surface area (Å²) in [6.45, 7) is 1.86. The second kappa shape index (κ2) is 6.38. The number of nitriles is 1. The van der Waals surface area contributed by atoms with Crippen LogP contribution in [0.15, 0.2) is 48.5 Å². The maximum absolute atomic E-state index is 12.9. The number of imide groups is 1. The third kappa shape index (κ3) is 2.52. The number of hydrogen-bond acceptors (Lipinski definition) is 5. The molecule has 2 heterocycles. The summed E-state index contributed by atoms with van der Waals surface area (Å²) in [6.07, 6.45) is 0. The number of amides is 2. The van der Waals surface area contributed by atoms with Crippen molar-refractivity contribution in [2.24, 2.45) is 0 Å². The predicted molar refractivity (Wildman–Crippen MR) is 103 cm³/mol. The lowest BCUT2D eigenvalue weighted by Gasteiger charge is -2.12. The third-order valence-electron chi connectivity index (χ3n) is 4.49. The minimum absolute atomic E-state index is 0.156. The number of aryl methyl sites for hydroxylation is 1. The lowest BCUT2D eigenvalue weighted by atomic mass is 10.0. The monoisotopic (exact) mass is 375 g/mol. The van der Waals surface area contributed by atoms with Gasteiger partial charge in [-0.05, 0) is 36.8 Å². The zero-order valence-corrected chi connectivity index (χ0v) is 15.4. The number of carbonyl (C=O) groups excluding carboxylic acids is 2. The molecule has 0 spiro atoms. The first-order valence-electron chi connectivity index (χ1n) is 8.63. The number of hydrogen-bond donors (Lipinski definition) is 0. The van der Waals surface area contributed by atoms with Gasteiger partial charge < -0.3 is 4.74 Å². The van der Waals surface area contributed by atoms with Gasteiger partial charge in [0.1, 0.15) is 16.8 Å². The molecular weight excluding hydrogens is 360 g/mol. The molecule has 0 N–H and O–H groups in total. The average molecular weight is 375 g/mol. The van der Waals surface area contributed by atoms with Crippen LogP contribution in [0.3, 0.4) is 0 Å². The van der Waals surface area contributed by atoms with E-state index < -0.39 is 11.8 Å². The Kier molecular flexibility index (Phi) is 3.73. The van der Waals surface area contributed by atoms with Crippen LogP contribution in [0.2, 0.25) is 0 Å². The first-order valence-corrected chi connectivity index (χ1v) is 8.95. The number of carbonyl (C=O) groups is 2. The minimum atomic E-state index is -0.506. The number of thiophene rings is 1. The molecule has 1 aliphatic rings. The van der Waals surface area contributed by atoms with Crippen molar-refractivity contribution < 1.29 is 15.7 Å². The van der Waals surface area contributed by atoms with Crippen LogP contribution in [0, 0.1) is 18.3 Å². The van der Waals surface area contributed by atoms with E-state index in [-0.39, 0.29) is 22.7 Å². The van der Waals surface area contributed by atoms with Crippen molar-refractivity contribution in [3.8, 4) is 22.9 Å². The SMILES string of the molecule is [2H]c1ccc2c(c1)C(=O)N(c1sc(C)c(-c3ccc(OC)cc3)c1C#N)C2=O. The number of anilines is 1. The van der Waals surface area contributed by atoms with Gasteiger partial charge in [0.05, 0.1) is 25.2 Å². The molecule has 0 aliphatic carbocycles. The van der Waals surface area contributed by atoms with Crippen molar-refractivity contribution in [2.45, 2.75) is 6.92 Å². The summed E-state index contributed by atoms with van der Waals surface area (Å²) in [5.41, 5.74) is 2.24. The van der Waals surface area contributed by atoms with E-state index >= 15 is 0 Å². The highest BCUT2D eigenvalue weighted by Gasteiger charge is 2.39. The summed E-state index contributed by atoms with van der Waals surface area (Å²) in [6, 6.07) is 13.9. The van der Waals surface area contributed by atoms with E-state index in [1.165, 1.54) is 29.5 Å². The van der Waals surface area contributed by atoms with Crippen LogP contribution in [0.25, 0.3) is 11.1 Å². The van der Waals surface area contributed by atoms with Crippen molar-refractivity contribution in [1.82, 2.24) is 0 Å². The summed E-state index contributed by atoms with van der Waals surface area (Å²) in [7, 11) is 1.58. The van der Waals surface area contributed by atoms with E-state index in [1.54, 1.807) is 19.2 Å². The summed E-state index contributed by atoms with van der Waals surface area (Å²) >= 11 is 1.23. The molecular formula is C21H14N2O3S. The quantitative estimate of drug-likeness (QED) is 0.636. The number of nitrogens with zero attached hydrogens (tertiary/aromatic N) is 2. The molecule has 27 heavy (non-hydrogen) atoms. The molecule has 4 rings (SSSR count). The van der Waals surface area contributed by atoms with E-state index in [4.69, 9.17) is 6.11 Å². The van der Waals surface area contributed by atoms with Crippen molar-refractivity contribution in [1.29, 1.82) is 5.26 Å². The molecule has 0 saturated carbocycles. The molecule has 6 heteroatoms. The molecule has 3 aromatic rings. The maximum Gasteiger partial charge on any atom is 0.266 e. The Hall–Kier alpha value is -3.43. The number of rotatable bonds is 3. The van der Waals surface area contributed by atoms with Gasteiger partial charge in [0.25, 0.3) is 11.8 Å². The minimum Gasteiger partial charge on any atom is -0.497 e. The highest BCUT2D eigenvalue weighted by molar-refractivity contribution is 7.17. The Bertz CT molecular complexity index is 1180. The molecule has 2 aromatic carbocycles. The van der Waals surface area contributed by atoms with Crippen molar-refractivity contribution in [3.63, 3.8) is 0 Å². The van der Waals surface area contributed by atoms with E-state index in [0.717, 1.165) is 15.3 Å². The van der Waals surface area contributed by atoms with Crippen molar-refractivity contribution in [3.05, 3.63) is 70.1 Å². The number of methoxy groups -OCH3 is 1. The summed E-state index contributed by atoms with van der Waals surface area (Å²) < 4.78 is 12.9. The van der Waals surface area contributed by atoms with Gasteiger partial charge in [-0.2, -0.15) is 5.26 Å². The van der Waals surface area contributed by atoms with Crippen LogP contribution < -0.4 is 9.64 Å². The highest BCUT2D eigenvalue weighted by atomic mass is 32.1. The standard InChI is InChI=1S/C21H14N2O3S/c1-12-18(13-7-9-14(26-2)10-8-13)17(11-22)21(27-12)23-19(24)15-5-3-4-6-16(15)20(23)25/h3-10H,1-2H3/i3D. The normalized spacial score (nSPS) is 13.4. The van der Waals surface area contributed by atoms with Crippen LogP contribution in [-0.4, -0.2) is 18.9 Å². The molecule has 0 radical (unpaired) electrons. The Morgan fingerprint density at radius 3 is 2.41 bits per heavy atom. The lowest BCUT2D eigenvalue weighted by molar-refractivity contribution is 0.0927. The highest BCUT2D eigenvalue weighted by Crippen LogP contribution is 2.44. The Labute approximate surface area is 161 Å². The Morgan fingerprint density at radius 2 is 1.78 bits per heavy atom. The van der Waals surface area contributed by atoms with Gasteiger partial charge in [-0.1, -0.05) is 24.2 Å². The third-order valence-corrected chi connectivity index (χ3v) is 5.58. The van der Waals surface area contributed by atoms with Crippen LogP contribution in [0.1, 0.15) is 32.5 Å². The lowest BCUT2D eigenvalue weighted by Crippen LogP contribution is -2.29. The molecule has 0 atom stereocenters. The van der Waals surface area contributed by atoms with Crippen molar-refractivity contribution in [2.75, 3.05) is 12.0 Å². The van der Waals surface area contributed by atoms with Crippen LogP contribution in [0.4, 0.5) is 5.00 Å². The summed E-state index contributed by atoms with van der Waals surface area (Å²) in [4.78, 5) is 27.6. The fourth-order valence-electron chi connectivity index (χ4n) is 3.21.